The highest BCUT2D eigenvalue weighted by atomic mass is 35.5. The van der Waals surface area contributed by atoms with Gasteiger partial charge in [-0.05, 0) is 37.0 Å². The number of hydrogen-bond donors (Lipinski definition) is 1. The van der Waals surface area contributed by atoms with Crippen molar-refractivity contribution in [2.75, 3.05) is 0 Å². The molecular weight excluding hydrogens is 257 g/mol. The van der Waals surface area contributed by atoms with Crippen LogP contribution in [0.4, 0.5) is 0 Å². The molecule has 2 nitrogen and oxygen atoms in total. The smallest absolute Gasteiger partial charge is 0.227 e. The molecule has 0 aromatic heterocycles. The molecule has 0 radical (unpaired) electrons. The molecule has 1 aliphatic rings. The Hall–Kier alpha value is -0.990. The van der Waals surface area contributed by atoms with Crippen molar-refractivity contribution >= 4 is 29.1 Å². The van der Waals surface area contributed by atoms with Crippen molar-refractivity contribution in [3.63, 3.8) is 0 Å². The van der Waals surface area contributed by atoms with E-state index in [4.69, 9.17) is 23.2 Å². The summed E-state index contributed by atoms with van der Waals surface area (Å²) < 4.78 is 0. The Balaban J connectivity index is 2.10. The van der Waals surface area contributed by atoms with Gasteiger partial charge in [0.2, 0.25) is 5.91 Å². The molecule has 0 bridgehead atoms. The van der Waals surface area contributed by atoms with Gasteiger partial charge in [-0.25, -0.2) is 0 Å². The van der Waals surface area contributed by atoms with Crippen molar-refractivity contribution in [3.05, 3.63) is 46.1 Å². The molecule has 1 N–H and O–H groups in total. The number of piperidine rings is 1. The van der Waals surface area contributed by atoms with E-state index in [0.29, 0.717) is 16.5 Å². The van der Waals surface area contributed by atoms with Gasteiger partial charge in [0.25, 0.3) is 0 Å². The summed E-state index contributed by atoms with van der Waals surface area (Å²) in [5, 5.41) is 4.01. The zero-order valence-electron chi connectivity index (χ0n) is 9.30. The third kappa shape index (κ3) is 3.02. The number of rotatable bonds is 2. The summed E-state index contributed by atoms with van der Waals surface area (Å²) in [6.07, 6.45) is 2.31. The van der Waals surface area contributed by atoms with Crippen LogP contribution in [0, 0.1) is 5.92 Å². The van der Waals surface area contributed by atoms with Crippen molar-refractivity contribution in [1.29, 1.82) is 0 Å². The molecule has 0 saturated carbocycles. The highest BCUT2D eigenvalue weighted by Gasteiger charge is 2.24. The molecule has 0 spiro atoms. The second-order valence-corrected chi connectivity index (χ2v) is 5.11. The Morgan fingerprint density at radius 3 is 2.82 bits per heavy atom. The zero-order valence-corrected chi connectivity index (χ0v) is 10.8. The fourth-order valence-electron chi connectivity index (χ4n) is 1.97. The summed E-state index contributed by atoms with van der Waals surface area (Å²) in [5.41, 5.74) is 1.76. The van der Waals surface area contributed by atoms with E-state index in [-0.39, 0.29) is 11.8 Å². The summed E-state index contributed by atoms with van der Waals surface area (Å²) in [6.45, 7) is 3.76. The van der Waals surface area contributed by atoms with Crippen molar-refractivity contribution < 1.29 is 4.79 Å². The van der Waals surface area contributed by atoms with E-state index in [2.05, 4.69) is 11.9 Å². The largest absolute Gasteiger partial charge is 0.330 e. The summed E-state index contributed by atoms with van der Waals surface area (Å²) >= 11 is 11.9. The van der Waals surface area contributed by atoms with Crippen molar-refractivity contribution in [2.24, 2.45) is 5.92 Å². The lowest BCUT2D eigenvalue weighted by molar-refractivity contribution is -0.125. The molecule has 1 fully saturated rings. The lowest BCUT2D eigenvalue weighted by atomic mass is 9.90. The van der Waals surface area contributed by atoms with Crippen molar-refractivity contribution in [2.45, 2.75) is 19.3 Å². The Labute approximate surface area is 111 Å². The number of nitrogens with one attached hydrogen (secondary N) is 1. The molecule has 1 aliphatic heterocycles. The molecule has 1 amide bonds. The van der Waals surface area contributed by atoms with Gasteiger partial charge in [-0.15, -0.1) is 0 Å². The van der Waals surface area contributed by atoms with E-state index in [9.17, 15) is 4.79 Å². The molecule has 0 unspecified atom stereocenters. The standard InChI is InChI=1S/C13H13Cl2NO/c1-8-2-3-10(13(17)16-8)6-9-4-5-11(14)7-12(9)15/h4-5,7,10H,1-3,6H2,(H,16,17)/t10-/m1/s1. The average Bonchev–Trinajstić information content (AvgIpc) is 2.25. The normalized spacial score (nSPS) is 20.2. The number of amides is 1. The monoisotopic (exact) mass is 269 g/mol. The molecule has 1 atom stereocenters. The van der Waals surface area contributed by atoms with Gasteiger partial charge in [0, 0.05) is 21.7 Å². The number of benzene rings is 1. The van der Waals surface area contributed by atoms with Crippen LogP contribution in [0.3, 0.4) is 0 Å². The number of halogens is 2. The van der Waals surface area contributed by atoms with Crippen molar-refractivity contribution in [3.8, 4) is 0 Å². The summed E-state index contributed by atoms with van der Waals surface area (Å²) in [7, 11) is 0. The molecule has 90 valence electrons. The molecule has 1 saturated heterocycles. The van der Waals surface area contributed by atoms with E-state index in [1.54, 1.807) is 12.1 Å². The topological polar surface area (TPSA) is 29.1 Å². The van der Waals surface area contributed by atoms with Crippen LogP contribution in [-0.4, -0.2) is 5.91 Å². The van der Waals surface area contributed by atoms with Crippen LogP contribution in [0.25, 0.3) is 0 Å². The number of carbonyl (C=O) groups excluding carboxylic acids is 1. The molecular formula is C13H13Cl2NO. The number of carbonyl (C=O) groups is 1. The third-order valence-electron chi connectivity index (χ3n) is 2.95. The predicted molar refractivity (Wildman–Crippen MR) is 70.2 cm³/mol. The summed E-state index contributed by atoms with van der Waals surface area (Å²) in [6, 6.07) is 5.38. The SMILES string of the molecule is C=C1CC[C@H](Cc2ccc(Cl)cc2Cl)C(=O)N1. The van der Waals surface area contributed by atoms with Crippen LogP contribution in [0.2, 0.25) is 10.0 Å². The average molecular weight is 270 g/mol. The Bertz CT molecular complexity index is 470. The quantitative estimate of drug-likeness (QED) is 0.874. The Morgan fingerprint density at radius 1 is 1.41 bits per heavy atom. The van der Waals surface area contributed by atoms with Gasteiger partial charge in [-0.2, -0.15) is 0 Å². The minimum absolute atomic E-state index is 0.0285. The molecule has 1 heterocycles. The lowest BCUT2D eigenvalue weighted by Gasteiger charge is -2.23. The second kappa shape index (κ2) is 5.11. The zero-order chi connectivity index (χ0) is 12.4. The molecule has 1 aromatic rings. The summed E-state index contributed by atoms with van der Waals surface area (Å²) in [5.74, 6) is 0.00596. The van der Waals surface area contributed by atoms with Crippen LogP contribution < -0.4 is 5.32 Å². The maximum Gasteiger partial charge on any atom is 0.227 e. The first-order chi connectivity index (χ1) is 8.06. The van der Waals surface area contributed by atoms with Gasteiger partial charge >= 0.3 is 0 Å². The van der Waals surface area contributed by atoms with E-state index in [0.717, 1.165) is 24.1 Å². The Kier molecular flexibility index (Phi) is 3.75. The first-order valence-electron chi connectivity index (χ1n) is 5.49. The van der Waals surface area contributed by atoms with Gasteiger partial charge in [-0.1, -0.05) is 35.8 Å². The van der Waals surface area contributed by atoms with Crippen LogP contribution in [0.1, 0.15) is 18.4 Å². The van der Waals surface area contributed by atoms with Gasteiger partial charge < -0.3 is 5.32 Å². The number of hydrogen-bond acceptors (Lipinski definition) is 1. The minimum atomic E-state index is -0.0285. The third-order valence-corrected chi connectivity index (χ3v) is 3.53. The second-order valence-electron chi connectivity index (χ2n) is 4.27. The van der Waals surface area contributed by atoms with Crippen LogP contribution in [0.5, 0.6) is 0 Å². The lowest BCUT2D eigenvalue weighted by Crippen LogP contribution is -2.35. The predicted octanol–water partition coefficient (Wildman–Crippen LogP) is 3.58. The van der Waals surface area contributed by atoms with E-state index >= 15 is 0 Å². The van der Waals surface area contributed by atoms with Crippen LogP contribution in [0.15, 0.2) is 30.5 Å². The number of allylic oxidation sites excluding steroid dienone is 1. The van der Waals surface area contributed by atoms with E-state index in [1.807, 2.05) is 6.07 Å². The fraction of sp³-hybridized carbons (Fsp3) is 0.308. The molecule has 4 heteroatoms. The van der Waals surface area contributed by atoms with Gasteiger partial charge in [-0.3, -0.25) is 4.79 Å². The molecule has 0 aliphatic carbocycles. The fourth-order valence-corrected chi connectivity index (χ4v) is 2.45. The first kappa shape index (κ1) is 12.5. The molecule has 1 aromatic carbocycles. The maximum absolute atomic E-state index is 11.7. The molecule has 17 heavy (non-hydrogen) atoms. The Morgan fingerprint density at radius 2 is 2.18 bits per heavy atom. The van der Waals surface area contributed by atoms with E-state index < -0.39 is 0 Å². The van der Waals surface area contributed by atoms with E-state index in [1.165, 1.54) is 0 Å². The minimum Gasteiger partial charge on any atom is -0.330 e. The van der Waals surface area contributed by atoms with Crippen molar-refractivity contribution in [1.82, 2.24) is 5.32 Å². The van der Waals surface area contributed by atoms with Gasteiger partial charge in [0.15, 0.2) is 0 Å². The maximum atomic E-state index is 11.7. The first-order valence-corrected chi connectivity index (χ1v) is 6.24. The van der Waals surface area contributed by atoms with Crippen LogP contribution in [-0.2, 0) is 11.2 Å². The van der Waals surface area contributed by atoms with Gasteiger partial charge in [0.05, 0.1) is 0 Å². The highest BCUT2D eigenvalue weighted by Crippen LogP contribution is 2.27. The molecule has 2 rings (SSSR count). The highest BCUT2D eigenvalue weighted by molar-refractivity contribution is 6.35. The van der Waals surface area contributed by atoms with Gasteiger partial charge in [0.1, 0.15) is 0 Å². The summed E-state index contributed by atoms with van der Waals surface area (Å²) in [4.78, 5) is 11.7. The van der Waals surface area contributed by atoms with Crippen LogP contribution >= 0.6 is 23.2 Å².